The second-order valence-electron chi connectivity index (χ2n) is 5.36. The first-order valence-electron chi connectivity index (χ1n) is 7.31. The molecule has 1 aliphatic heterocycles. The van der Waals surface area contributed by atoms with Gasteiger partial charge in [-0.25, -0.2) is 0 Å². The molecule has 1 atom stereocenters. The van der Waals surface area contributed by atoms with Gasteiger partial charge in [0.1, 0.15) is 0 Å². The standard InChI is InChI=1S/C15H26N2S/c1-3-14-7-8-15(18-14)11-16-13(2)12-17-9-5-4-6-10-17/h7-8,13,16H,3-6,9-12H2,1-2H3. The molecule has 0 aliphatic carbocycles. The number of hydrogen-bond donors (Lipinski definition) is 1. The lowest BCUT2D eigenvalue weighted by atomic mass is 10.1. The van der Waals surface area contributed by atoms with Gasteiger partial charge in [-0.1, -0.05) is 13.3 Å². The highest BCUT2D eigenvalue weighted by atomic mass is 32.1. The van der Waals surface area contributed by atoms with E-state index in [1.807, 2.05) is 11.3 Å². The molecular formula is C15H26N2S. The maximum absolute atomic E-state index is 3.65. The van der Waals surface area contributed by atoms with E-state index in [9.17, 15) is 0 Å². The first-order chi connectivity index (χ1) is 8.78. The first-order valence-corrected chi connectivity index (χ1v) is 8.13. The quantitative estimate of drug-likeness (QED) is 0.850. The van der Waals surface area contributed by atoms with Crippen molar-refractivity contribution in [1.82, 2.24) is 10.2 Å². The average molecular weight is 266 g/mol. The zero-order valence-electron chi connectivity index (χ0n) is 11.7. The van der Waals surface area contributed by atoms with Gasteiger partial charge in [-0.15, -0.1) is 11.3 Å². The lowest BCUT2D eigenvalue weighted by Gasteiger charge is -2.29. The molecule has 0 bridgehead atoms. The highest BCUT2D eigenvalue weighted by Gasteiger charge is 2.13. The average Bonchev–Trinajstić information content (AvgIpc) is 2.85. The third-order valence-corrected chi connectivity index (χ3v) is 4.90. The van der Waals surface area contributed by atoms with Gasteiger partial charge in [0.2, 0.25) is 0 Å². The monoisotopic (exact) mass is 266 g/mol. The van der Waals surface area contributed by atoms with E-state index >= 15 is 0 Å². The summed E-state index contributed by atoms with van der Waals surface area (Å²) in [5.41, 5.74) is 0. The van der Waals surface area contributed by atoms with Crippen LogP contribution in [0.3, 0.4) is 0 Å². The number of piperidine rings is 1. The molecular weight excluding hydrogens is 240 g/mol. The van der Waals surface area contributed by atoms with Crippen molar-refractivity contribution in [3.8, 4) is 0 Å². The molecule has 1 aromatic heterocycles. The number of aryl methyl sites for hydroxylation is 1. The van der Waals surface area contributed by atoms with Crippen LogP contribution < -0.4 is 5.32 Å². The summed E-state index contributed by atoms with van der Waals surface area (Å²) >= 11 is 1.94. The Morgan fingerprint density at radius 2 is 1.94 bits per heavy atom. The molecule has 1 N–H and O–H groups in total. The van der Waals surface area contributed by atoms with Gasteiger partial charge in [-0.05, 0) is 51.4 Å². The van der Waals surface area contributed by atoms with Crippen LogP contribution in [0.25, 0.3) is 0 Å². The molecule has 0 saturated carbocycles. The Morgan fingerprint density at radius 1 is 1.22 bits per heavy atom. The predicted molar refractivity (Wildman–Crippen MR) is 80.3 cm³/mol. The van der Waals surface area contributed by atoms with E-state index in [0.29, 0.717) is 6.04 Å². The summed E-state index contributed by atoms with van der Waals surface area (Å²) in [7, 11) is 0. The SMILES string of the molecule is CCc1ccc(CNC(C)CN2CCCCC2)s1. The molecule has 2 nitrogen and oxygen atoms in total. The summed E-state index contributed by atoms with van der Waals surface area (Å²) in [5, 5.41) is 3.65. The van der Waals surface area contributed by atoms with Crippen molar-refractivity contribution in [1.29, 1.82) is 0 Å². The van der Waals surface area contributed by atoms with Crippen molar-refractivity contribution in [3.05, 3.63) is 21.9 Å². The summed E-state index contributed by atoms with van der Waals surface area (Å²) < 4.78 is 0. The summed E-state index contributed by atoms with van der Waals surface area (Å²) in [6.07, 6.45) is 5.36. The molecule has 1 aromatic rings. The Kier molecular flexibility index (Phi) is 5.67. The summed E-state index contributed by atoms with van der Waals surface area (Å²) in [5.74, 6) is 0. The Hall–Kier alpha value is -0.380. The molecule has 18 heavy (non-hydrogen) atoms. The second-order valence-corrected chi connectivity index (χ2v) is 6.62. The van der Waals surface area contributed by atoms with Crippen LogP contribution in [0.5, 0.6) is 0 Å². The van der Waals surface area contributed by atoms with Crippen molar-refractivity contribution in [2.24, 2.45) is 0 Å². The minimum absolute atomic E-state index is 0.593. The van der Waals surface area contributed by atoms with Crippen LogP contribution in [0.2, 0.25) is 0 Å². The third-order valence-electron chi connectivity index (χ3n) is 3.67. The highest BCUT2D eigenvalue weighted by molar-refractivity contribution is 7.11. The number of hydrogen-bond acceptors (Lipinski definition) is 3. The van der Waals surface area contributed by atoms with Crippen molar-refractivity contribution < 1.29 is 0 Å². The van der Waals surface area contributed by atoms with E-state index in [1.54, 1.807) is 0 Å². The van der Waals surface area contributed by atoms with Gasteiger partial charge in [-0.3, -0.25) is 0 Å². The Morgan fingerprint density at radius 3 is 2.61 bits per heavy atom. The predicted octanol–water partition coefficient (Wildman–Crippen LogP) is 3.27. The fourth-order valence-electron chi connectivity index (χ4n) is 2.58. The van der Waals surface area contributed by atoms with Crippen molar-refractivity contribution in [2.75, 3.05) is 19.6 Å². The van der Waals surface area contributed by atoms with Gasteiger partial charge in [0.05, 0.1) is 0 Å². The molecule has 2 heterocycles. The van der Waals surface area contributed by atoms with Crippen LogP contribution >= 0.6 is 11.3 Å². The fourth-order valence-corrected chi connectivity index (χ4v) is 3.48. The second kappa shape index (κ2) is 7.27. The first kappa shape index (κ1) is 14.0. The van der Waals surface area contributed by atoms with Crippen LogP contribution in [0.15, 0.2) is 12.1 Å². The van der Waals surface area contributed by atoms with E-state index in [2.05, 4.69) is 36.2 Å². The minimum atomic E-state index is 0.593. The van der Waals surface area contributed by atoms with Crippen molar-refractivity contribution in [2.45, 2.75) is 52.1 Å². The molecule has 1 saturated heterocycles. The lowest BCUT2D eigenvalue weighted by molar-refractivity contribution is 0.209. The van der Waals surface area contributed by atoms with Crippen LogP contribution in [-0.2, 0) is 13.0 Å². The number of rotatable bonds is 6. The fraction of sp³-hybridized carbons (Fsp3) is 0.733. The maximum atomic E-state index is 3.65. The Balaban J connectivity index is 1.68. The number of thiophene rings is 1. The van der Waals surface area contributed by atoms with Crippen LogP contribution in [-0.4, -0.2) is 30.6 Å². The number of nitrogens with one attached hydrogen (secondary N) is 1. The maximum Gasteiger partial charge on any atom is 0.0302 e. The number of likely N-dealkylation sites (tertiary alicyclic amines) is 1. The van der Waals surface area contributed by atoms with Crippen LogP contribution in [0.4, 0.5) is 0 Å². The van der Waals surface area contributed by atoms with Gasteiger partial charge in [0, 0.05) is 28.9 Å². The van der Waals surface area contributed by atoms with E-state index in [4.69, 9.17) is 0 Å². The van der Waals surface area contributed by atoms with E-state index in [1.165, 1.54) is 48.7 Å². The van der Waals surface area contributed by atoms with Gasteiger partial charge in [0.25, 0.3) is 0 Å². The normalized spacial score (nSPS) is 19.0. The number of nitrogens with zero attached hydrogens (tertiary/aromatic N) is 1. The molecule has 102 valence electrons. The van der Waals surface area contributed by atoms with E-state index in [-0.39, 0.29) is 0 Å². The largest absolute Gasteiger partial charge is 0.308 e. The van der Waals surface area contributed by atoms with Crippen LogP contribution in [0, 0.1) is 0 Å². The summed E-state index contributed by atoms with van der Waals surface area (Å²) in [6, 6.07) is 5.12. The summed E-state index contributed by atoms with van der Waals surface area (Å²) in [4.78, 5) is 5.57. The van der Waals surface area contributed by atoms with Crippen molar-refractivity contribution in [3.63, 3.8) is 0 Å². The van der Waals surface area contributed by atoms with E-state index in [0.717, 1.165) is 13.0 Å². The van der Waals surface area contributed by atoms with Gasteiger partial charge in [0.15, 0.2) is 0 Å². The molecule has 2 rings (SSSR count). The zero-order chi connectivity index (χ0) is 12.8. The van der Waals surface area contributed by atoms with Gasteiger partial charge in [-0.2, -0.15) is 0 Å². The minimum Gasteiger partial charge on any atom is -0.308 e. The molecule has 3 heteroatoms. The highest BCUT2D eigenvalue weighted by Crippen LogP contribution is 2.16. The van der Waals surface area contributed by atoms with E-state index < -0.39 is 0 Å². The van der Waals surface area contributed by atoms with Gasteiger partial charge < -0.3 is 10.2 Å². The smallest absolute Gasteiger partial charge is 0.0302 e. The van der Waals surface area contributed by atoms with Crippen molar-refractivity contribution >= 4 is 11.3 Å². The van der Waals surface area contributed by atoms with Gasteiger partial charge >= 0.3 is 0 Å². The summed E-state index contributed by atoms with van der Waals surface area (Å²) in [6.45, 7) is 9.35. The lowest BCUT2D eigenvalue weighted by Crippen LogP contribution is -2.41. The third kappa shape index (κ3) is 4.38. The molecule has 0 radical (unpaired) electrons. The molecule has 1 fully saturated rings. The molecule has 1 unspecified atom stereocenters. The topological polar surface area (TPSA) is 15.3 Å². The molecule has 1 aliphatic rings. The van der Waals surface area contributed by atoms with Crippen LogP contribution in [0.1, 0.15) is 42.9 Å². The molecule has 0 amide bonds. The molecule has 0 spiro atoms. The Bertz CT molecular complexity index is 342. The Labute approximate surface area is 115 Å². The zero-order valence-corrected chi connectivity index (χ0v) is 12.6. The molecule has 0 aromatic carbocycles.